The van der Waals surface area contributed by atoms with Crippen LogP contribution in [0.25, 0.3) is 0 Å². The number of para-hydroxylation sites is 1. The Morgan fingerprint density at radius 1 is 0.774 bits per heavy atom. The second kappa shape index (κ2) is 7.47. The molecule has 15 heteroatoms. The van der Waals surface area contributed by atoms with Gasteiger partial charge >= 0.3 is 31.3 Å². The van der Waals surface area contributed by atoms with Crippen molar-refractivity contribution in [1.29, 1.82) is 0 Å². The van der Waals surface area contributed by atoms with Crippen LogP contribution in [0.2, 0.25) is 0 Å². The van der Waals surface area contributed by atoms with Crippen molar-refractivity contribution < 1.29 is 56.3 Å². The highest BCUT2D eigenvalue weighted by atomic mass is 32.2. The summed E-state index contributed by atoms with van der Waals surface area (Å²) >= 11 is 0. The van der Waals surface area contributed by atoms with Gasteiger partial charge in [-0.25, -0.2) is 0 Å². The lowest BCUT2D eigenvalue weighted by Crippen LogP contribution is -2.29. The van der Waals surface area contributed by atoms with Gasteiger partial charge in [0.2, 0.25) is 0 Å². The molecule has 0 spiro atoms. The summed E-state index contributed by atoms with van der Waals surface area (Å²) in [5, 5.41) is 0. The third kappa shape index (κ3) is 4.37. The second-order valence-corrected chi connectivity index (χ2v) is 9.11. The Balaban J connectivity index is 2.08. The Labute approximate surface area is 171 Å². The molecule has 0 aromatic heterocycles. The predicted octanol–water partition coefficient (Wildman–Crippen LogP) is 3.67. The number of halogens is 6. The van der Waals surface area contributed by atoms with E-state index in [-0.39, 0.29) is 23.5 Å². The average molecular weight is 492 g/mol. The molecule has 0 amide bonds. The zero-order valence-corrected chi connectivity index (χ0v) is 16.4. The summed E-state index contributed by atoms with van der Waals surface area (Å²) < 4.78 is 135. The summed E-state index contributed by atoms with van der Waals surface area (Å²) in [4.78, 5) is 0. The van der Waals surface area contributed by atoms with Gasteiger partial charge in [-0.1, -0.05) is 24.3 Å². The first-order valence-electron chi connectivity index (χ1n) is 8.00. The molecule has 1 atom stereocenters. The molecule has 2 aromatic carbocycles. The first-order chi connectivity index (χ1) is 14.1. The van der Waals surface area contributed by atoms with Crippen molar-refractivity contribution in [1.82, 2.24) is 0 Å². The summed E-state index contributed by atoms with van der Waals surface area (Å²) in [6.07, 6.45) is 0. The molecule has 1 heterocycles. The quantitative estimate of drug-likeness (QED) is 0.357. The van der Waals surface area contributed by atoms with Gasteiger partial charge < -0.3 is 13.1 Å². The van der Waals surface area contributed by atoms with E-state index in [4.69, 9.17) is 4.74 Å². The Morgan fingerprint density at radius 2 is 1.29 bits per heavy atom. The van der Waals surface area contributed by atoms with E-state index in [1.54, 1.807) is 0 Å². The normalized spacial score (nSPS) is 17.0. The molecule has 1 unspecified atom stereocenters. The van der Waals surface area contributed by atoms with Crippen molar-refractivity contribution in [2.45, 2.75) is 16.9 Å². The molecule has 170 valence electrons. The third-order valence-corrected chi connectivity index (χ3v) is 5.97. The molecule has 0 radical (unpaired) electrons. The van der Waals surface area contributed by atoms with Gasteiger partial charge in [0.25, 0.3) is 0 Å². The van der Waals surface area contributed by atoms with Crippen LogP contribution in [0.4, 0.5) is 26.3 Å². The maximum Gasteiger partial charge on any atom is 0.534 e. The van der Waals surface area contributed by atoms with Crippen LogP contribution in [0.5, 0.6) is 17.2 Å². The van der Waals surface area contributed by atoms with Gasteiger partial charge in [-0.2, -0.15) is 43.2 Å². The van der Waals surface area contributed by atoms with Crippen LogP contribution in [0, 0.1) is 0 Å². The molecule has 1 aliphatic heterocycles. The van der Waals surface area contributed by atoms with Crippen molar-refractivity contribution >= 4 is 20.2 Å². The fourth-order valence-electron chi connectivity index (χ4n) is 2.74. The number of fused-ring (bicyclic) bond motifs is 1. The smallest absolute Gasteiger partial charge is 0.492 e. The minimum atomic E-state index is -6.07. The van der Waals surface area contributed by atoms with E-state index < -0.39 is 48.7 Å². The predicted molar refractivity (Wildman–Crippen MR) is 91.4 cm³/mol. The third-order valence-electron chi connectivity index (χ3n) is 4.04. The van der Waals surface area contributed by atoms with E-state index in [1.165, 1.54) is 12.1 Å². The Morgan fingerprint density at radius 3 is 1.87 bits per heavy atom. The van der Waals surface area contributed by atoms with Gasteiger partial charge in [-0.15, -0.1) is 0 Å². The van der Waals surface area contributed by atoms with Gasteiger partial charge in [-0.3, -0.25) is 0 Å². The van der Waals surface area contributed by atoms with Crippen molar-refractivity contribution in [2.75, 3.05) is 6.61 Å². The van der Waals surface area contributed by atoms with Gasteiger partial charge in [0.15, 0.2) is 5.75 Å². The van der Waals surface area contributed by atoms with E-state index in [1.807, 2.05) is 0 Å². The Bertz CT molecular complexity index is 1200. The number of rotatable bonds is 5. The largest absolute Gasteiger partial charge is 0.534 e. The summed E-state index contributed by atoms with van der Waals surface area (Å²) in [7, 11) is -12.1. The molecular weight excluding hydrogens is 482 g/mol. The number of alkyl halides is 6. The minimum Gasteiger partial charge on any atom is -0.492 e. The summed E-state index contributed by atoms with van der Waals surface area (Å²) in [6, 6.07) is 7.80. The molecule has 7 nitrogen and oxygen atoms in total. The Kier molecular flexibility index (Phi) is 5.54. The fourth-order valence-corrected chi connectivity index (χ4v) is 3.70. The molecule has 3 rings (SSSR count). The zero-order valence-electron chi connectivity index (χ0n) is 14.8. The maximum atomic E-state index is 12.7. The fraction of sp³-hybridized carbons (Fsp3) is 0.250. The Hall–Kier alpha value is -2.68. The number of hydrogen-bond acceptors (Lipinski definition) is 7. The van der Waals surface area contributed by atoms with E-state index in [2.05, 4.69) is 8.37 Å². The van der Waals surface area contributed by atoms with Crippen LogP contribution in [0.1, 0.15) is 17.0 Å². The lowest BCUT2D eigenvalue weighted by molar-refractivity contribution is -0.0504. The first kappa shape index (κ1) is 23.0. The molecule has 0 bridgehead atoms. The van der Waals surface area contributed by atoms with Gasteiger partial charge in [-0.05, 0) is 18.2 Å². The van der Waals surface area contributed by atoms with Gasteiger partial charge in [0.05, 0.1) is 12.5 Å². The van der Waals surface area contributed by atoms with Crippen LogP contribution in [-0.2, 0) is 20.2 Å². The summed E-state index contributed by atoms with van der Waals surface area (Å²) in [5.74, 6) is -2.86. The summed E-state index contributed by atoms with van der Waals surface area (Å²) in [5.41, 5.74) is -11.9. The molecule has 0 fully saturated rings. The van der Waals surface area contributed by atoms with Crippen molar-refractivity contribution in [3.05, 3.63) is 53.6 Å². The van der Waals surface area contributed by atoms with Crippen LogP contribution in [-0.4, -0.2) is 34.5 Å². The van der Waals surface area contributed by atoms with Gasteiger partial charge in [0.1, 0.15) is 11.5 Å². The molecule has 31 heavy (non-hydrogen) atoms. The highest BCUT2D eigenvalue weighted by Crippen LogP contribution is 2.47. The standard InChI is InChI=1S/C16H10F6O7S2/c17-15(18,19)30(23,24)28-11-5-2-1-4-9(11)10-8-27-12-6-3-7-13(14(10)12)29-31(25,26)16(20,21)22/h1-7,10H,8H2. The van der Waals surface area contributed by atoms with Crippen molar-refractivity contribution in [2.24, 2.45) is 0 Å². The average Bonchev–Trinajstić information content (AvgIpc) is 3.05. The first-order valence-corrected chi connectivity index (χ1v) is 10.8. The SMILES string of the molecule is O=S(=O)(Oc1ccccc1C1COc2cccc(OS(=O)(=O)C(F)(F)F)c21)C(F)(F)F. The van der Waals surface area contributed by atoms with E-state index in [9.17, 15) is 43.2 Å². The van der Waals surface area contributed by atoms with E-state index >= 15 is 0 Å². The van der Waals surface area contributed by atoms with Crippen molar-refractivity contribution in [3.8, 4) is 17.2 Å². The molecule has 0 N–H and O–H groups in total. The van der Waals surface area contributed by atoms with Crippen molar-refractivity contribution in [3.63, 3.8) is 0 Å². The van der Waals surface area contributed by atoms with Crippen LogP contribution < -0.4 is 13.1 Å². The topological polar surface area (TPSA) is 96.0 Å². The highest BCUT2D eigenvalue weighted by molar-refractivity contribution is 7.88. The number of hydrogen-bond donors (Lipinski definition) is 0. The lowest BCUT2D eigenvalue weighted by atomic mass is 9.92. The van der Waals surface area contributed by atoms with Crippen LogP contribution >= 0.6 is 0 Å². The maximum absolute atomic E-state index is 12.7. The van der Waals surface area contributed by atoms with Crippen LogP contribution in [0.15, 0.2) is 42.5 Å². The molecule has 1 aliphatic rings. The summed E-state index contributed by atoms with van der Waals surface area (Å²) in [6.45, 7) is -0.367. The van der Waals surface area contributed by atoms with E-state index in [0.29, 0.717) is 0 Å². The van der Waals surface area contributed by atoms with E-state index in [0.717, 1.165) is 30.3 Å². The lowest BCUT2D eigenvalue weighted by Gasteiger charge is -2.18. The molecule has 0 aliphatic carbocycles. The second-order valence-electron chi connectivity index (χ2n) is 6.04. The number of benzene rings is 2. The molecule has 0 saturated heterocycles. The molecular formula is C16H10F6O7S2. The molecule has 0 saturated carbocycles. The zero-order chi connectivity index (χ0) is 23.2. The number of ether oxygens (including phenoxy) is 1. The van der Waals surface area contributed by atoms with Gasteiger partial charge in [0, 0.05) is 11.1 Å². The highest BCUT2D eigenvalue weighted by Gasteiger charge is 2.50. The molecule has 2 aromatic rings. The minimum absolute atomic E-state index is 0.103. The van der Waals surface area contributed by atoms with Crippen LogP contribution in [0.3, 0.4) is 0 Å². The monoisotopic (exact) mass is 492 g/mol.